The van der Waals surface area contributed by atoms with Gasteiger partial charge in [0, 0.05) is 33.1 Å². The highest BCUT2D eigenvalue weighted by Gasteiger charge is 2.36. The van der Waals surface area contributed by atoms with E-state index in [0.717, 1.165) is 81.9 Å². The maximum Gasteiger partial charge on any atom is 0.136 e. The molecule has 0 fully saturated rings. The van der Waals surface area contributed by atoms with Crippen LogP contribution < -0.4 is 15.2 Å². The van der Waals surface area contributed by atoms with Gasteiger partial charge in [-0.2, -0.15) is 0 Å². The Morgan fingerprint density at radius 1 is 0.571 bits per heavy atom. The van der Waals surface area contributed by atoms with Crippen LogP contribution in [0, 0.1) is 0 Å². The lowest BCUT2D eigenvalue weighted by Gasteiger charge is -2.22. The molecule has 0 radical (unpaired) electrons. The average molecular weight is 809 g/mol. The van der Waals surface area contributed by atoms with Gasteiger partial charge >= 0.3 is 0 Å². The molecular formula is C61H44O2. The summed E-state index contributed by atoms with van der Waals surface area (Å²) in [4.78, 5) is 0. The first-order chi connectivity index (χ1) is 30.8. The van der Waals surface area contributed by atoms with Gasteiger partial charge in [-0.05, 0) is 125 Å². The minimum absolute atomic E-state index is 0.0279. The van der Waals surface area contributed by atoms with Crippen molar-refractivity contribution in [1.82, 2.24) is 0 Å². The smallest absolute Gasteiger partial charge is 0.136 e. The van der Waals surface area contributed by atoms with E-state index in [2.05, 4.69) is 203 Å². The molecule has 0 saturated heterocycles. The Morgan fingerprint density at radius 2 is 1.32 bits per heavy atom. The SMILES string of the molecule is C=C(/C=c1/ccccc1=C)c1ccccccc(-c2ccc3c(c2)-c2ccc(-c4ccc5c(c4)oc4ccc6ccc7c(c6c45)OC4C=CC=CC74)cc2C3(C)C)c2ccccc12. The topological polar surface area (TPSA) is 22.4 Å². The number of fused-ring (bicyclic) bond motifs is 13. The van der Waals surface area contributed by atoms with Gasteiger partial charge in [0.15, 0.2) is 0 Å². The van der Waals surface area contributed by atoms with Crippen LogP contribution in [0.15, 0.2) is 199 Å². The van der Waals surface area contributed by atoms with Crippen LogP contribution >= 0.6 is 0 Å². The lowest BCUT2D eigenvalue weighted by atomic mass is 9.81. The Balaban J connectivity index is 0.954. The molecule has 2 aliphatic carbocycles. The normalized spacial score (nSPS) is 16.8. The van der Waals surface area contributed by atoms with Crippen LogP contribution in [0.2, 0.25) is 0 Å². The molecule has 9 aromatic rings. The Kier molecular flexibility index (Phi) is 8.36. The van der Waals surface area contributed by atoms with Crippen molar-refractivity contribution in [3.8, 4) is 39.1 Å². The minimum atomic E-state index is -0.190. The zero-order valence-corrected chi connectivity index (χ0v) is 35.4. The van der Waals surface area contributed by atoms with Crippen LogP contribution in [0.1, 0.15) is 42.0 Å². The Labute approximate surface area is 367 Å². The van der Waals surface area contributed by atoms with Gasteiger partial charge in [0.2, 0.25) is 0 Å². The highest BCUT2D eigenvalue weighted by atomic mass is 16.5. The third kappa shape index (κ3) is 5.86. The van der Waals surface area contributed by atoms with Crippen LogP contribution in [0.25, 0.3) is 95.1 Å². The van der Waals surface area contributed by atoms with E-state index in [1.165, 1.54) is 38.9 Å². The average Bonchev–Trinajstić information content (AvgIpc) is 3.95. The molecule has 300 valence electrons. The van der Waals surface area contributed by atoms with E-state index in [9.17, 15) is 0 Å². The minimum Gasteiger partial charge on any atom is -0.484 e. The molecule has 2 heteroatoms. The van der Waals surface area contributed by atoms with Gasteiger partial charge in [0.25, 0.3) is 0 Å². The van der Waals surface area contributed by atoms with E-state index >= 15 is 0 Å². The monoisotopic (exact) mass is 808 g/mol. The van der Waals surface area contributed by atoms with Crippen molar-refractivity contribution in [2.24, 2.45) is 0 Å². The van der Waals surface area contributed by atoms with Crippen LogP contribution in [0.3, 0.4) is 0 Å². The second-order valence-corrected chi connectivity index (χ2v) is 17.7. The molecule has 12 rings (SSSR count). The Morgan fingerprint density at radius 3 is 2.21 bits per heavy atom. The molecule has 2 unspecified atom stereocenters. The summed E-state index contributed by atoms with van der Waals surface area (Å²) in [5.41, 5.74) is 14.7. The molecule has 2 heterocycles. The van der Waals surface area contributed by atoms with Crippen molar-refractivity contribution in [2.75, 3.05) is 0 Å². The fraction of sp³-hybridized carbons (Fsp3) is 0.0820. The zero-order chi connectivity index (χ0) is 42.4. The van der Waals surface area contributed by atoms with E-state index < -0.39 is 0 Å². The molecule has 0 saturated carbocycles. The van der Waals surface area contributed by atoms with Crippen molar-refractivity contribution >= 4 is 61.7 Å². The summed E-state index contributed by atoms with van der Waals surface area (Å²) < 4.78 is 13.3. The van der Waals surface area contributed by atoms with Gasteiger partial charge in [-0.25, -0.2) is 0 Å². The standard InChI is InChI=1S/C61H44O2/c1-37-15-9-10-16-40(37)33-38(2)44-17-7-5-6-8-18-45(47-20-12-11-19-46(44)47)43-26-31-53-52(34-43)48-28-24-41(35-54(48)61(53,3)4)42-25-30-51-57(36-42)62-56-32-27-39-23-29-50-49-21-13-14-22-55(49)63-60(50)58(39)59(51)56/h5-36,49,55H,1-2H2,3-4H3/b6-5?,7-5?,8-6?,17-7?,18-8?,40-33-,44-17?,45-18?,46-44?,47-45?. The molecule has 1 aliphatic heterocycles. The number of ether oxygens (including phenoxy) is 1. The predicted molar refractivity (Wildman–Crippen MR) is 265 cm³/mol. The number of hydrogen-bond donors (Lipinski definition) is 0. The van der Waals surface area contributed by atoms with E-state index in [4.69, 9.17) is 9.15 Å². The molecule has 0 N–H and O–H groups in total. The van der Waals surface area contributed by atoms with Crippen LogP contribution in [-0.2, 0) is 5.41 Å². The van der Waals surface area contributed by atoms with E-state index in [-0.39, 0.29) is 17.4 Å². The van der Waals surface area contributed by atoms with Crippen molar-refractivity contribution in [3.63, 3.8) is 0 Å². The highest BCUT2D eigenvalue weighted by Crippen LogP contribution is 2.52. The molecule has 1 aromatic heterocycles. The molecule has 8 aromatic carbocycles. The lowest BCUT2D eigenvalue weighted by molar-refractivity contribution is 0.271. The third-order valence-corrected chi connectivity index (χ3v) is 13.7. The zero-order valence-electron chi connectivity index (χ0n) is 35.4. The molecule has 2 atom stereocenters. The fourth-order valence-electron chi connectivity index (χ4n) is 10.5. The second-order valence-electron chi connectivity index (χ2n) is 17.7. The molecule has 3 aliphatic rings. The maximum atomic E-state index is 6.65. The van der Waals surface area contributed by atoms with Gasteiger partial charge in [0.1, 0.15) is 23.0 Å². The van der Waals surface area contributed by atoms with Crippen molar-refractivity contribution in [1.29, 1.82) is 0 Å². The first kappa shape index (κ1) is 37.1. The van der Waals surface area contributed by atoms with E-state index in [1.54, 1.807) is 0 Å². The second kappa shape index (κ2) is 14.2. The van der Waals surface area contributed by atoms with Crippen LogP contribution in [-0.4, -0.2) is 6.10 Å². The van der Waals surface area contributed by atoms with Gasteiger partial charge in [0.05, 0.1) is 0 Å². The summed E-state index contributed by atoms with van der Waals surface area (Å²) in [6.07, 6.45) is 10.8. The number of allylic oxidation sites excluding steroid dienone is 3. The summed E-state index contributed by atoms with van der Waals surface area (Å²) >= 11 is 0. The van der Waals surface area contributed by atoms with E-state index in [1.807, 2.05) is 18.2 Å². The van der Waals surface area contributed by atoms with Crippen molar-refractivity contribution < 1.29 is 9.15 Å². The molecule has 0 bridgehead atoms. The quantitative estimate of drug-likeness (QED) is 0.177. The maximum absolute atomic E-state index is 6.65. The first-order valence-electron chi connectivity index (χ1n) is 21.9. The van der Waals surface area contributed by atoms with E-state index in [0.29, 0.717) is 0 Å². The molecular weight excluding hydrogens is 765 g/mol. The molecule has 2 nitrogen and oxygen atoms in total. The number of hydrogen-bond acceptors (Lipinski definition) is 2. The van der Waals surface area contributed by atoms with Crippen molar-refractivity contribution in [2.45, 2.75) is 31.3 Å². The number of benzene rings is 7. The fourth-order valence-corrected chi connectivity index (χ4v) is 10.5. The largest absolute Gasteiger partial charge is 0.484 e. The Hall–Kier alpha value is -7.68. The summed E-state index contributed by atoms with van der Waals surface area (Å²) in [5.74, 6) is 1.21. The summed E-state index contributed by atoms with van der Waals surface area (Å²) in [5, 5.41) is 8.87. The van der Waals surface area contributed by atoms with Crippen molar-refractivity contribution in [3.05, 3.63) is 227 Å². The molecule has 0 spiro atoms. The highest BCUT2D eigenvalue weighted by molar-refractivity contribution is 6.21. The summed E-state index contributed by atoms with van der Waals surface area (Å²) in [6.45, 7) is 13.5. The number of furan rings is 1. The molecule has 63 heavy (non-hydrogen) atoms. The van der Waals surface area contributed by atoms with Gasteiger partial charge in [-0.3, -0.25) is 0 Å². The van der Waals surface area contributed by atoms with Gasteiger partial charge < -0.3 is 9.15 Å². The Bertz CT molecular complexity index is 3690. The first-order valence-corrected chi connectivity index (χ1v) is 21.9. The van der Waals surface area contributed by atoms with Gasteiger partial charge in [-0.1, -0.05) is 179 Å². The number of rotatable bonds is 4. The molecule has 0 amide bonds. The summed E-state index contributed by atoms with van der Waals surface area (Å²) in [7, 11) is 0. The van der Waals surface area contributed by atoms with Crippen LogP contribution in [0.4, 0.5) is 0 Å². The predicted octanol–water partition coefficient (Wildman–Crippen LogP) is 14.5. The third-order valence-electron chi connectivity index (χ3n) is 13.7. The van der Waals surface area contributed by atoms with Gasteiger partial charge in [-0.15, -0.1) is 0 Å². The van der Waals surface area contributed by atoms with Crippen LogP contribution in [0.5, 0.6) is 5.75 Å². The summed E-state index contributed by atoms with van der Waals surface area (Å²) in [6, 6.07) is 59.2. The lowest BCUT2D eigenvalue weighted by Crippen LogP contribution is -2.21.